The second kappa shape index (κ2) is 8.91. The molecular formula is C19H25N3O2. The molecule has 1 N–H and O–H groups in total. The lowest BCUT2D eigenvalue weighted by Crippen LogP contribution is -1.97. The highest BCUT2D eigenvalue weighted by Gasteiger charge is 2.04. The summed E-state index contributed by atoms with van der Waals surface area (Å²) in [5, 5.41) is 17.9. The molecule has 0 aliphatic rings. The zero-order valence-electron chi connectivity index (χ0n) is 14.6. The molecule has 0 aliphatic heterocycles. The third-order valence-corrected chi connectivity index (χ3v) is 3.54. The third-order valence-electron chi connectivity index (χ3n) is 3.54. The molecule has 0 radical (unpaired) electrons. The Morgan fingerprint density at radius 2 is 2.00 bits per heavy atom. The number of hydrogen-bond donors (Lipinski definition) is 1. The van der Waals surface area contributed by atoms with Gasteiger partial charge in [0.15, 0.2) is 11.5 Å². The molecule has 1 aromatic carbocycles. The van der Waals surface area contributed by atoms with Crippen LogP contribution in [0.4, 0.5) is 0 Å². The van der Waals surface area contributed by atoms with Crippen LogP contribution in [0.25, 0.3) is 0 Å². The van der Waals surface area contributed by atoms with E-state index in [1.54, 1.807) is 22.9 Å². The predicted octanol–water partition coefficient (Wildman–Crippen LogP) is 4.26. The van der Waals surface area contributed by atoms with Gasteiger partial charge in [-0.15, -0.1) is 5.10 Å². The van der Waals surface area contributed by atoms with Gasteiger partial charge in [0.05, 0.1) is 12.7 Å². The number of rotatable bonds is 8. The van der Waals surface area contributed by atoms with E-state index in [9.17, 15) is 5.11 Å². The predicted molar refractivity (Wildman–Crippen MR) is 94.9 cm³/mol. The zero-order chi connectivity index (χ0) is 17.4. The summed E-state index contributed by atoms with van der Waals surface area (Å²) >= 11 is 0. The van der Waals surface area contributed by atoms with Crippen LogP contribution < -0.4 is 4.74 Å². The van der Waals surface area contributed by atoms with Crippen molar-refractivity contribution in [3.8, 4) is 11.5 Å². The number of phenolic OH excluding ortho intramolecular Hbond substituents is 1. The molecule has 1 heterocycles. The quantitative estimate of drug-likeness (QED) is 0.736. The van der Waals surface area contributed by atoms with Crippen molar-refractivity contribution in [1.82, 2.24) is 15.0 Å². The Kier molecular flexibility index (Phi) is 6.61. The second-order valence-electron chi connectivity index (χ2n) is 6.06. The highest BCUT2D eigenvalue weighted by molar-refractivity contribution is 5.37. The molecule has 2 aromatic rings. The molecule has 0 spiro atoms. The molecule has 0 amide bonds. The summed E-state index contributed by atoms with van der Waals surface area (Å²) in [7, 11) is 0. The molecule has 1 aromatic heterocycles. The lowest BCUT2D eigenvalue weighted by Gasteiger charge is -2.05. The van der Waals surface area contributed by atoms with E-state index in [0.29, 0.717) is 12.3 Å². The average Bonchev–Trinajstić information content (AvgIpc) is 3.00. The molecule has 0 unspecified atom stereocenters. The summed E-state index contributed by atoms with van der Waals surface area (Å²) in [5.41, 5.74) is 3.43. The van der Waals surface area contributed by atoms with E-state index in [0.717, 1.165) is 18.5 Å². The molecule has 5 nitrogen and oxygen atoms in total. The molecule has 5 heteroatoms. The fourth-order valence-corrected chi connectivity index (χ4v) is 2.16. The molecule has 0 fully saturated rings. The summed E-state index contributed by atoms with van der Waals surface area (Å²) in [6.07, 6.45) is 8.41. The molecule has 24 heavy (non-hydrogen) atoms. The van der Waals surface area contributed by atoms with Gasteiger partial charge in [-0.2, -0.15) is 0 Å². The first-order chi connectivity index (χ1) is 11.5. The Morgan fingerprint density at radius 3 is 2.75 bits per heavy atom. The van der Waals surface area contributed by atoms with Crippen LogP contribution in [-0.2, 0) is 13.2 Å². The minimum Gasteiger partial charge on any atom is -0.504 e. The molecule has 0 saturated heterocycles. The molecule has 2 rings (SSSR count). The minimum absolute atomic E-state index is 0.125. The highest BCUT2D eigenvalue weighted by atomic mass is 16.5. The number of aromatic nitrogens is 3. The molecule has 128 valence electrons. The van der Waals surface area contributed by atoms with Gasteiger partial charge in [0.25, 0.3) is 0 Å². The van der Waals surface area contributed by atoms with Gasteiger partial charge in [0.1, 0.15) is 12.3 Å². The summed E-state index contributed by atoms with van der Waals surface area (Å²) in [6.45, 7) is 7.35. The number of phenols is 1. The van der Waals surface area contributed by atoms with Crippen molar-refractivity contribution in [2.45, 2.75) is 46.8 Å². The maximum atomic E-state index is 9.67. The Bertz CT molecular complexity index is 713. The summed E-state index contributed by atoms with van der Waals surface area (Å²) in [4.78, 5) is 0. The van der Waals surface area contributed by atoms with Crippen LogP contribution in [0, 0.1) is 0 Å². The van der Waals surface area contributed by atoms with Gasteiger partial charge in [0.2, 0.25) is 0 Å². The van der Waals surface area contributed by atoms with Crippen molar-refractivity contribution in [2.75, 3.05) is 0 Å². The Hall–Kier alpha value is -2.56. The van der Waals surface area contributed by atoms with Crippen LogP contribution in [0.2, 0.25) is 0 Å². The monoisotopic (exact) mass is 327 g/mol. The van der Waals surface area contributed by atoms with E-state index in [4.69, 9.17) is 4.74 Å². The van der Waals surface area contributed by atoms with E-state index >= 15 is 0 Å². The van der Waals surface area contributed by atoms with Crippen molar-refractivity contribution in [3.63, 3.8) is 0 Å². The van der Waals surface area contributed by atoms with Gasteiger partial charge < -0.3 is 9.84 Å². The van der Waals surface area contributed by atoms with Crippen molar-refractivity contribution >= 4 is 0 Å². The van der Waals surface area contributed by atoms with Crippen molar-refractivity contribution in [2.24, 2.45) is 0 Å². The van der Waals surface area contributed by atoms with Gasteiger partial charge in [0, 0.05) is 0 Å². The largest absolute Gasteiger partial charge is 0.504 e. The van der Waals surface area contributed by atoms with Gasteiger partial charge >= 0.3 is 0 Å². The first-order valence-corrected chi connectivity index (χ1v) is 8.13. The smallest absolute Gasteiger partial charge is 0.161 e. The topological polar surface area (TPSA) is 60.2 Å². The number of nitrogens with zero attached hydrogens (tertiary/aromatic N) is 3. The summed E-state index contributed by atoms with van der Waals surface area (Å²) in [5.74, 6) is 0.571. The van der Waals surface area contributed by atoms with Gasteiger partial charge in [-0.25, -0.2) is 4.68 Å². The summed E-state index contributed by atoms with van der Waals surface area (Å²) < 4.78 is 7.34. The van der Waals surface area contributed by atoms with Crippen molar-refractivity contribution in [1.29, 1.82) is 0 Å². The first-order valence-electron chi connectivity index (χ1n) is 8.13. The number of ether oxygens (including phenoxy) is 1. The van der Waals surface area contributed by atoms with E-state index in [1.807, 2.05) is 12.3 Å². The van der Waals surface area contributed by atoms with Crippen molar-refractivity contribution in [3.05, 3.63) is 59.5 Å². The molecule has 0 bridgehead atoms. The SMILES string of the molecule is CC(C)=CCC/C(C)=C\Cn1cc(COc2ccccc2O)nn1. The lowest BCUT2D eigenvalue weighted by atomic mass is 10.1. The van der Waals surface area contributed by atoms with Gasteiger partial charge in [-0.05, 0) is 45.7 Å². The van der Waals surface area contributed by atoms with Gasteiger partial charge in [-0.3, -0.25) is 0 Å². The average molecular weight is 327 g/mol. The van der Waals surface area contributed by atoms with Crippen LogP contribution in [0.3, 0.4) is 0 Å². The van der Waals surface area contributed by atoms with Crippen LogP contribution >= 0.6 is 0 Å². The standard InChI is InChI=1S/C19H25N3O2/c1-15(2)7-6-8-16(3)11-12-22-13-17(20-21-22)14-24-19-10-5-4-9-18(19)23/h4-5,7,9-11,13,23H,6,8,12,14H2,1-3H3/b16-11-. The molecule has 0 saturated carbocycles. The van der Waals surface area contributed by atoms with E-state index in [-0.39, 0.29) is 12.4 Å². The fourth-order valence-electron chi connectivity index (χ4n) is 2.16. The number of para-hydroxylation sites is 2. The maximum Gasteiger partial charge on any atom is 0.161 e. The highest BCUT2D eigenvalue weighted by Crippen LogP contribution is 2.24. The van der Waals surface area contributed by atoms with Crippen LogP contribution in [0.1, 0.15) is 39.3 Å². The molecular weight excluding hydrogens is 302 g/mol. The number of aromatic hydroxyl groups is 1. The number of hydrogen-bond acceptors (Lipinski definition) is 4. The van der Waals surface area contributed by atoms with Crippen LogP contribution in [0.5, 0.6) is 11.5 Å². The number of benzene rings is 1. The normalized spacial score (nSPS) is 11.4. The Labute approximate surface area is 143 Å². The summed E-state index contributed by atoms with van der Waals surface area (Å²) in [6, 6.07) is 6.88. The fraction of sp³-hybridized carbons (Fsp3) is 0.368. The van der Waals surface area contributed by atoms with Crippen LogP contribution in [0.15, 0.2) is 53.8 Å². The Morgan fingerprint density at radius 1 is 1.21 bits per heavy atom. The number of allylic oxidation sites excluding steroid dienone is 4. The van der Waals surface area contributed by atoms with E-state index in [2.05, 4.69) is 43.2 Å². The van der Waals surface area contributed by atoms with E-state index in [1.165, 1.54) is 11.1 Å². The van der Waals surface area contributed by atoms with Crippen molar-refractivity contribution < 1.29 is 9.84 Å². The zero-order valence-corrected chi connectivity index (χ0v) is 14.6. The second-order valence-corrected chi connectivity index (χ2v) is 6.06. The van der Waals surface area contributed by atoms with Crippen LogP contribution in [-0.4, -0.2) is 20.1 Å². The third kappa shape index (κ3) is 5.91. The minimum atomic E-state index is 0.125. The first kappa shape index (κ1) is 17.8. The van der Waals surface area contributed by atoms with E-state index < -0.39 is 0 Å². The van der Waals surface area contributed by atoms with Gasteiger partial charge in [-0.1, -0.05) is 40.6 Å². The molecule has 0 atom stereocenters. The lowest BCUT2D eigenvalue weighted by molar-refractivity contribution is 0.284. The maximum absolute atomic E-state index is 9.67. The Balaban J connectivity index is 1.82. The molecule has 0 aliphatic carbocycles.